The van der Waals surface area contributed by atoms with Gasteiger partial charge in [-0.05, 0) is 38.8 Å². The van der Waals surface area contributed by atoms with Crippen LogP contribution in [0.1, 0.15) is 81.0 Å². The van der Waals surface area contributed by atoms with Crippen LogP contribution in [-0.4, -0.2) is 115 Å². The highest BCUT2D eigenvalue weighted by Gasteiger charge is 2.78. The van der Waals surface area contributed by atoms with Crippen molar-refractivity contribution < 1.29 is 68.1 Å². The molecule has 260 valence electrons. The van der Waals surface area contributed by atoms with Crippen LogP contribution in [0.15, 0.2) is 36.4 Å². The fourth-order valence-electron chi connectivity index (χ4n) is 7.91. The number of hydrogen-bond acceptors (Lipinski definition) is 15. The maximum atomic E-state index is 15.0. The minimum Gasteiger partial charge on any atom is -0.507 e. The van der Waals surface area contributed by atoms with E-state index in [4.69, 9.17) is 18.9 Å². The fourth-order valence-corrected chi connectivity index (χ4v) is 10.3. The minimum absolute atomic E-state index is 0.313. The summed E-state index contributed by atoms with van der Waals surface area (Å²) in [5, 5.41) is 46.8. The number of fused-ring (bicyclic) bond motifs is 4. The van der Waals surface area contributed by atoms with Crippen molar-refractivity contribution in [2.75, 3.05) is 14.2 Å². The molecule has 2 aromatic rings. The van der Waals surface area contributed by atoms with E-state index in [1.54, 1.807) is 0 Å². The minimum atomic E-state index is -2.86. The maximum Gasteiger partial charge on any atom is 0.308 e. The number of thioether (sulfide) groups is 1. The molecule has 14 nitrogen and oxygen atoms in total. The molecule has 2 fully saturated rings. The van der Waals surface area contributed by atoms with Gasteiger partial charge in [0, 0.05) is 11.1 Å². The van der Waals surface area contributed by atoms with Gasteiger partial charge in [-0.3, -0.25) is 28.8 Å². The van der Waals surface area contributed by atoms with Gasteiger partial charge in [0.15, 0.2) is 22.8 Å². The number of ether oxygens (including phenoxy) is 4. The van der Waals surface area contributed by atoms with Crippen molar-refractivity contribution >= 4 is 46.8 Å². The molecule has 0 spiro atoms. The van der Waals surface area contributed by atoms with Crippen LogP contribution in [0.3, 0.4) is 0 Å². The normalized spacial score (nSPS) is 35.1. The number of methoxy groups -OCH3 is 2. The van der Waals surface area contributed by atoms with Gasteiger partial charge in [0.1, 0.15) is 21.0 Å². The SMILES string of the molecule is COC(=O)C[C@H]1C[C@@]2(S[C@@]34C[C@H](CC(=O)OC)O[C@H](C)[C@@]3(O)C(=O)c3c(O)cccc3C4=O)C(=O)c3cccc(O)c3C(=O)[C@@]2(O)[C@@H](C)O1. The van der Waals surface area contributed by atoms with Crippen LogP contribution in [0.4, 0.5) is 0 Å². The van der Waals surface area contributed by atoms with E-state index in [1.807, 2.05) is 0 Å². The number of aromatic hydroxyl groups is 2. The highest BCUT2D eigenvalue weighted by atomic mass is 32.2. The zero-order valence-corrected chi connectivity index (χ0v) is 27.7. The average Bonchev–Trinajstić information content (AvgIpc) is 3.06. The van der Waals surface area contributed by atoms with Crippen molar-refractivity contribution in [1.82, 2.24) is 0 Å². The topological polar surface area (TPSA) is 220 Å². The van der Waals surface area contributed by atoms with Gasteiger partial charge in [-0.15, -0.1) is 11.8 Å². The molecule has 2 heterocycles. The second-order valence-electron chi connectivity index (χ2n) is 12.8. The lowest BCUT2D eigenvalue weighted by atomic mass is 9.63. The Hall–Kier alpha value is -4.15. The number of ketones is 4. The van der Waals surface area contributed by atoms with Gasteiger partial charge in [0.2, 0.25) is 11.6 Å². The van der Waals surface area contributed by atoms with Crippen LogP contribution in [0.25, 0.3) is 0 Å². The number of hydrogen-bond donors (Lipinski definition) is 4. The van der Waals surface area contributed by atoms with Gasteiger partial charge in [-0.25, -0.2) is 0 Å². The second-order valence-corrected chi connectivity index (χ2v) is 14.4. The van der Waals surface area contributed by atoms with Crippen LogP contribution < -0.4 is 0 Å². The van der Waals surface area contributed by atoms with E-state index >= 15 is 9.59 Å². The van der Waals surface area contributed by atoms with E-state index in [1.165, 1.54) is 38.1 Å². The Bertz CT molecular complexity index is 1690. The maximum absolute atomic E-state index is 15.0. The summed E-state index contributed by atoms with van der Waals surface area (Å²) >= 11 is 0.381. The molecule has 0 bridgehead atoms. The van der Waals surface area contributed by atoms with E-state index in [9.17, 15) is 39.6 Å². The van der Waals surface area contributed by atoms with Gasteiger partial charge in [-0.2, -0.15) is 0 Å². The Labute approximate surface area is 283 Å². The van der Waals surface area contributed by atoms with Crippen LogP contribution in [0.2, 0.25) is 0 Å². The molecule has 0 aromatic heterocycles. The van der Waals surface area contributed by atoms with Gasteiger partial charge >= 0.3 is 11.9 Å². The first-order valence-corrected chi connectivity index (χ1v) is 16.3. The number of esters is 2. The fraction of sp³-hybridized carbons (Fsp3) is 0.471. The third-order valence-electron chi connectivity index (χ3n) is 10.3. The first-order chi connectivity index (χ1) is 23.0. The van der Waals surface area contributed by atoms with Crippen LogP contribution in [-0.2, 0) is 28.5 Å². The molecule has 49 heavy (non-hydrogen) atoms. The number of rotatable bonds is 6. The van der Waals surface area contributed by atoms with Gasteiger partial charge < -0.3 is 39.4 Å². The lowest BCUT2D eigenvalue weighted by Crippen LogP contribution is -2.79. The Morgan fingerprint density at radius 2 is 1.08 bits per heavy atom. The monoisotopic (exact) mass is 698 g/mol. The van der Waals surface area contributed by atoms with E-state index in [0.717, 1.165) is 26.4 Å². The number of phenolic OH excluding ortho intramolecular Hbond substituents is 2. The van der Waals surface area contributed by atoms with Crippen molar-refractivity contribution in [3.05, 3.63) is 58.7 Å². The summed E-state index contributed by atoms with van der Waals surface area (Å²) in [5.74, 6) is -6.87. The number of phenols is 2. The molecule has 2 saturated heterocycles. The average molecular weight is 699 g/mol. The molecular weight excluding hydrogens is 664 g/mol. The molecule has 2 aromatic carbocycles. The highest BCUT2D eigenvalue weighted by molar-refractivity contribution is 8.03. The van der Waals surface area contributed by atoms with Crippen molar-refractivity contribution in [3.8, 4) is 11.5 Å². The number of Topliss-reactive ketones (excluding diaryl/α,β-unsaturated/α-hetero) is 4. The quantitative estimate of drug-likeness (QED) is 0.316. The zero-order valence-electron chi connectivity index (χ0n) is 26.9. The smallest absolute Gasteiger partial charge is 0.308 e. The molecule has 15 heteroatoms. The van der Waals surface area contributed by atoms with Crippen molar-refractivity contribution in [2.45, 2.75) is 84.6 Å². The molecule has 0 amide bonds. The molecule has 0 radical (unpaired) electrons. The van der Waals surface area contributed by atoms with Crippen molar-refractivity contribution in [1.29, 1.82) is 0 Å². The summed E-state index contributed by atoms with van der Waals surface area (Å²) in [4.78, 5) is 83.9. The van der Waals surface area contributed by atoms with Gasteiger partial charge in [0.25, 0.3) is 0 Å². The summed E-state index contributed by atoms with van der Waals surface area (Å²) in [6.45, 7) is 2.57. The first kappa shape index (κ1) is 34.7. The van der Waals surface area contributed by atoms with E-state index in [0.29, 0.717) is 11.8 Å². The molecule has 0 saturated carbocycles. The van der Waals surface area contributed by atoms with Crippen molar-refractivity contribution in [3.63, 3.8) is 0 Å². The largest absolute Gasteiger partial charge is 0.507 e. The van der Waals surface area contributed by atoms with Crippen LogP contribution in [0, 0.1) is 0 Å². The summed E-state index contributed by atoms with van der Waals surface area (Å²) in [6, 6.07) is 7.44. The first-order valence-electron chi connectivity index (χ1n) is 15.5. The molecule has 4 aliphatic rings. The molecule has 0 unspecified atom stereocenters. The Kier molecular flexibility index (Phi) is 8.31. The summed E-state index contributed by atoms with van der Waals surface area (Å²) in [6.07, 6.45) is -7.60. The Balaban J connectivity index is 1.66. The molecule has 2 aliphatic carbocycles. The summed E-state index contributed by atoms with van der Waals surface area (Å²) in [5.41, 5.74) is -7.33. The lowest BCUT2D eigenvalue weighted by Gasteiger charge is -2.61. The number of benzene rings is 2. The predicted molar refractivity (Wildman–Crippen MR) is 168 cm³/mol. The Morgan fingerprint density at radius 1 is 0.714 bits per heavy atom. The van der Waals surface area contributed by atoms with Crippen molar-refractivity contribution in [2.24, 2.45) is 0 Å². The number of carbonyl (C=O) groups is 6. The molecule has 2 aliphatic heterocycles. The van der Waals surface area contributed by atoms with Crippen LogP contribution in [0.5, 0.6) is 11.5 Å². The van der Waals surface area contributed by atoms with Crippen LogP contribution >= 0.6 is 11.8 Å². The molecular formula is C34H34O14S. The Morgan fingerprint density at radius 3 is 1.43 bits per heavy atom. The summed E-state index contributed by atoms with van der Waals surface area (Å²) in [7, 11) is 2.26. The third kappa shape index (κ3) is 4.55. The molecule has 4 N–H and O–H groups in total. The molecule has 6 rings (SSSR count). The number of carbonyl (C=O) groups excluding carboxylic acids is 6. The zero-order chi connectivity index (χ0) is 35.8. The van der Waals surface area contributed by atoms with Gasteiger partial charge in [-0.1, -0.05) is 24.3 Å². The van der Waals surface area contributed by atoms with E-state index in [-0.39, 0.29) is 11.1 Å². The third-order valence-corrected chi connectivity index (χ3v) is 12.3. The standard InChI is InChI=1S/C34H34O14S/c1-15-33(43)29(41)25-19(7-5-9-21(25)35)27(39)31(33,13-17(47-15)11-23(37)45-3)49-32-14-18(12-24(38)46-4)48-16(2)34(32,44)30(42)26-20(28(32)40)8-6-10-22(26)36/h5-10,15-18,35-36,43-44H,11-14H2,1-4H3/t15-,16-,17+,18+,31-,32-,33-,34+/m1/s1. The number of aliphatic hydroxyl groups is 2. The highest BCUT2D eigenvalue weighted by Crippen LogP contribution is 2.64. The summed E-state index contributed by atoms with van der Waals surface area (Å²) < 4.78 is 16.6. The lowest BCUT2D eigenvalue weighted by molar-refractivity contribution is -0.173. The van der Waals surface area contributed by atoms with E-state index in [2.05, 4.69) is 0 Å². The molecule has 8 atom stereocenters. The second kappa shape index (κ2) is 11.7. The predicted octanol–water partition coefficient (Wildman–Crippen LogP) is 1.71. The van der Waals surface area contributed by atoms with Gasteiger partial charge in [0.05, 0.1) is 62.6 Å². The van der Waals surface area contributed by atoms with E-state index < -0.39 is 128 Å².